The van der Waals surface area contributed by atoms with Gasteiger partial charge in [-0.1, -0.05) is 11.6 Å². The maximum absolute atomic E-state index is 12.9. The molecule has 0 atom stereocenters. The lowest BCUT2D eigenvalue weighted by Crippen LogP contribution is -2.52. The molecule has 0 bridgehead atoms. The molecule has 0 saturated carbocycles. The molecule has 1 saturated heterocycles. The first kappa shape index (κ1) is 20.0. The third-order valence-electron chi connectivity index (χ3n) is 4.58. The Balaban J connectivity index is 1.53. The Hall–Kier alpha value is -2.78. The lowest BCUT2D eigenvalue weighted by Gasteiger charge is -2.36. The molecule has 2 aromatic rings. The Morgan fingerprint density at radius 2 is 1.89 bits per heavy atom. The fourth-order valence-corrected chi connectivity index (χ4v) is 3.21. The number of hydrogen-bond donors (Lipinski definition) is 0. The van der Waals surface area contributed by atoms with Gasteiger partial charge >= 0.3 is 0 Å². The number of likely N-dealkylation sites (tertiary alicyclic amines) is 1. The number of carbonyl (C=O) groups excluding carboxylic acids is 1. The Bertz CT molecular complexity index is 852. The number of nitrogens with zero attached hydrogens (tertiary/aromatic N) is 3. The van der Waals surface area contributed by atoms with Gasteiger partial charge in [0.05, 0.1) is 5.56 Å². The maximum Gasteiger partial charge on any atom is 0.266 e. The van der Waals surface area contributed by atoms with Gasteiger partial charge in [0.25, 0.3) is 5.91 Å². The zero-order valence-electron chi connectivity index (χ0n) is 15.9. The first-order chi connectivity index (χ1) is 13.4. The number of rotatable bonds is 5. The van der Waals surface area contributed by atoms with Crippen molar-refractivity contribution in [1.29, 1.82) is 5.26 Å². The van der Waals surface area contributed by atoms with Crippen LogP contribution in [0.25, 0.3) is 0 Å². The second kappa shape index (κ2) is 8.49. The monoisotopic (exact) mass is 399 g/mol. The number of halogens is 1. The topological polar surface area (TPSA) is 75.4 Å². The van der Waals surface area contributed by atoms with Crippen molar-refractivity contribution in [3.8, 4) is 17.7 Å². The molecule has 0 aliphatic carbocycles. The van der Waals surface area contributed by atoms with Crippen LogP contribution >= 0.6 is 11.6 Å². The van der Waals surface area contributed by atoms with Gasteiger partial charge in [0, 0.05) is 43.2 Å². The van der Waals surface area contributed by atoms with Gasteiger partial charge in [0.2, 0.25) is 5.88 Å². The number of aromatic nitrogens is 1. The molecule has 146 valence electrons. The summed E-state index contributed by atoms with van der Waals surface area (Å²) in [5, 5.41) is 9.44. The van der Waals surface area contributed by atoms with Crippen molar-refractivity contribution >= 4 is 17.5 Å². The molecule has 1 aliphatic heterocycles. The maximum atomic E-state index is 12.9. The minimum absolute atomic E-state index is 0.00946. The number of carbonyl (C=O) groups is 1. The molecular weight excluding hydrogens is 378 g/mol. The van der Waals surface area contributed by atoms with Crippen molar-refractivity contribution < 1.29 is 14.3 Å². The molecule has 0 N–H and O–H groups in total. The van der Waals surface area contributed by atoms with E-state index in [0.29, 0.717) is 48.1 Å². The van der Waals surface area contributed by atoms with Crippen molar-refractivity contribution in [2.75, 3.05) is 13.1 Å². The summed E-state index contributed by atoms with van der Waals surface area (Å²) >= 11 is 5.89. The lowest BCUT2D eigenvalue weighted by molar-refractivity contribution is -0.147. The van der Waals surface area contributed by atoms with Crippen LogP contribution in [-0.4, -0.2) is 40.6 Å². The van der Waals surface area contributed by atoms with Crippen LogP contribution < -0.4 is 9.47 Å². The number of piperidine rings is 1. The lowest BCUT2D eigenvalue weighted by atomic mass is 10.0. The van der Waals surface area contributed by atoms with Crippen molar-refractivity contribution in [3.05, 3.63) is 53.2 Å². The molecule has 3 rings (SSSR count). The van der Waals surface area contributed by atoms with E-state index in [0.717, 1.165) is 0 Å². The largest absolute Gasteiger partial charge is 0.478 e. The van der Waals surface area contributed by atoms with Gasteiger partial charge in [-0.3, -0.25) is 4.79 Å². The molecule has 1 amide bonds. The van der Waals surface area contributed by atoms with E-state index in [1.54, 1.807) is 50.2 Å². The van der Waals surface area contributed by atoms with E-state index in [2.05, 4.69) is 4.98 Å². The van der Waals surface area contributed by atoms with Gasteiger partial charge in [-0.15, -0.1) is 0 Å². The molecule has 6 nitrogen and oxygen atoms in total. The molecule has 0 radical (unpaired) electrons. The Kier molecular flexibility index (Phi) is 6.05. The molecule has 1 fully saturated rings. The van der Waals surface area contributed by atoms with Crippen LogP contribution in [-0.2, 0) is 4.79 Å². The number of nitriles is 1. The van der Waals surface area contributed by atoms with Gasteiger partial charge in [-0.25, -0.2) is 4.98 Å². The Morgan fingerprint density at radius 3 is 2.46 bits per heavy atom. The van der Waals surface area contributed by atoms with E-state index in [1.165, 1.54) is 6.20 Å². The summed E-state index contributed by atoms with van der Waals surface area (Å²) in [5.41, 5.74) is -0.480. The second-order valence-corrected chi connectivity index (χ2v) is 7.61. The zero-order valence-corrected chi connectivity index (χ0v) is 16.6. The quantitative estimate of drug-likeness (QED) is 0.763. The number of pyridine rings is 1. The van der Waals surface area contributed by atoms with Crippen LogP contribution in [0.2, 0.25) is 5.02 Å². The van der Waals surface area contributed by atoms with E-state index >= 15 is 0 Å². The van der Waals surface area contributed by atoms with Crippen LogP contribution in [0.1, 0.15) is 32.3 Å². The van der Waals surface area contributed by atoms with Crippen LogP contribution in [0.15, 0.2) is 42.6 Å². The first-order valence-corrected chi connectivity index (χ1v) is 9.52. The van der Waals surface area contributed by atoms with Gasteiger partial charge in [0.15, 0.2) is 5.60 Å². The zero-order chi connectivity index (χ0) is 20.1. The molecule has 7 heteroatoms. The van der Waals surface area contributed by atoms with Crippen molar-refractivity contribution in [2.24, 2.45) is 0 Å². The summed E-state index contributed by atoms with van der Waals surface area (Å²) in [5.74, 6) is 1.04. The van der Waals surface area contributed by atoms with Crippen LogP contribution in [0.4, 0.5) is 0 Å². The first-order valence-electron chi connectivity index (χ1n) is 9.14. The third kappa shape index (κ3) is 4.93. The van der Waals surface area contributed by atoms with Crippen LogP contribution in [0.3, 0.4) is 0 Å². The van der Waals surface area contributed by atoms with E-state index in [9.17, 15) is 4.79 Å². The Labute approximate surface area is 169 Å². The average molecular weight is 400 g/mol. The third-order valence-corrected chi connectivity index (χ3v) is 4.84. The summed E-state index contributed by atoms with van der Waals surface area (Å²) in [6, 6.07) is 12.4. The molecule has 1 aromatic heterocycles. The van der Waals surface area contributed by atoms with Crippen LogP contribution in [0.5, 0.6) is 11.6 Å². The highest BCUT2D eigenvalue weighted by atomic mass is 35.5. The van der Waals surface area contributed by atoms with Crippen molar-refractivity contribution in [1.82, 2.24) is 9.88 Å². The Morgan fingerprint density at radius 1 is 1.21 bits per heavy atom. The molecule has 1 aliphatic rings. The van der Waals surface area contributed by atoms with Gasteiger partial charge in [0.1, 0.15) is 17.9 Å². The highest BCUT2D eigenvalue weighted by molar-refractivity contribution is 6.30. The molecule has 1 aromatic carbocycles. The number of amides is 1. The average Bonchev–Trinajstić information content (AvgIpc) is 2.70. The molecule has 0 spiro atoms. The highest BCUT2D eigenvalue weighted by Gasteiger charge is 2.36. The molecular formula is C21H22ClN3O3. The van der Waals surface area contributed by atoms with E-state index in [1.807, 2.05) is 11.0 Å². The number of ether oxygens (including phenoxy) is 2. The van der Waals surface area contributed by atoms with Gasteiger partial charge in [-0.2, -0.15) is 5.26 Å². The van der Waals surface area contributed by atoms with Crippen molar-refractivity contribution in [3.63, 3.8) is 0 Å². The minimum Gasteiger partial charge on any atom is -0.478 e. The summed E-state index contributed by atoms with van der Waals surface area (Å²) in [6.45, 7) is 4.72. The fraction of sp³-hybridized carbons (Fsp3) is 0.381. The minimum atomic E-state index is -0.976. The van der Waals surface area contributed by atoms with Crippen molar-refractivity contribution in [2.45, 2.75) is 38.4 Å². The SMILES string of the molecule is CC(C)(Oc1ccc(Cl)cc1)C(=O)N1CCC(Oc2ccc(C#N)cn2)CC1. The summed E-state index contributed by atoms with van der Waals surface area (Å²) in [4.78, 5) is 18.9. The normalized spacial score (nSPS) is 15.0. The molecule has 28 heavy (non-hydrogen) atoms. The standard InChI is InChI=1S/C21H22ClN3O3/c1-21(2,28-18-6-4-16(22)5-7-18)20(26)25-11-9-17(10-12-25)27-19-8-3-15(13-23)14-24-19/h3-8,14,17H,9-12H2,1-2H3. The summed E-state index contributed by atoms with van der Waals surface area (Å²) in [6.07, 6.45) is 2.91. The predicted molar refractivity (Wildman–Crippen MR) is 105 cm³/mol. The van der Waals surface area contributed by atoms with Gasteiger partial charge < -0.3 is 14.4 Å². The van der Waals surface area contributed by atoms with E-state index in [4.69, 9.17) is 26.3 Å². The summed E-state index contributed by atoms with van der Waals surface area (Å²) < 4.78 is 11.8. The van der Waals surface area contributed by atoms with E-state index < -0.39 is 5.60 Å². The highest BCUT2D eigenvalue weighted by Crippen LogP contribution is 2.24. The van der Waals surface area contributed by atoms with Crippen LogP contribution in [0, 0.1) is 11.3 Å². The fourth-order valence-electron chi connectivity index (χ4n) is 3.09. The van der Waals surface area contributed by atoms with E-state index in [-0.39, 0.29) is 12.0 Å². The predicted octanol–water partition coefficient (Wildman–Crippen LogP) is 3.83. The van der Waals surface area contributed by atoms with Gasteiger partial charge in [-0.05, 0) is 44.2 Å². The second-order valence-electron chi connectivity index (χ2n) is 7.17. The number of hydrogen-bond acceptors (Lipinski definition) is 5. The molecule has 0 unspecified atom stereocenters. The number of benzene rings is 1. The smallest absolute Gasteiger partial charge is 0.266 e. The molecule has 2 heterocycles. The summed E-state index contributed by atoms with van der Waals surface area (Å²) in [7, 11) is 0.